The minimum atomic E-state index is -0.322. The van der Waals surface area contributed by atoms with Crippen LogP contribution >= 0.6 is 0 Å². The minimum absolute atomic E-state index is 0.0283. The van der Waals surface area contributed by atoms with Crippen molar-refractivity contribution in [2.45, 2.75) is 45.6 Å². The van der Waals surface area contributed by atoms with E-state index < -0.39 is 0 Å². The molecule has 0 spiro atoms. The molecular formula is C16H26N2O2. The molecule has 0 bridgehead atoms. The van der Waals surface area contributed by atoms with Gasteiger partial charge in [0.1, 0.15) is 5.75 Å². The Labute approximate surface area is 121 Å². The van der Waals surface area contributed by atoms with E-state index in [0.29, 0.717) is 6.54 Å². The normalized spacial score (nSPS) is 11.2. The van der Waals surface area contributed by atoms with Crippen LogP contribution in [0.5, 0.6) is 5.75 Å². The first-order chi connectivity index (χ1) is 9.54. The summed E-state index contributed by atoms with van der Waals surface area (Å²) in [5.41, 5.74) is 6.93. The van der Waals surface area contributed by atoms with Gasteiger partial charge in [0.2, 0.25) is 0 Å². The van der Waals surface area contributed by atoms with E-state index in [2.05, 4.69) is 12.2 Å². The van der Waals surface area contributed by atoms with Crippen molar-refractivity contribution in [3.63, 3.8) is 0 Å². The van der Waals surface area contributed by atoms with Gasteiger partial charge in [-0.25, -0.2) is 0 Å². The SMILES string of the molecule is CCc1ccccc1OCC(=O)NCC(N)(CC)CC. The molecule has 0 aromatic heterocycles. The average molecular weight is 278 g/mol. The number of nitrogens with two attached hydrogens (primary N) is 1. The maximum Gasteiger partial charge on any atom is 0.258 e. The largest absolute Gasteiger partial charge is 0.483 e. The Morgan fingerprint density at radius 1 is 1.25 bits per heavy atom. The molecule has 3 N–H and O–H groups in total. The van der Waals surface area contributed by atoms with Crippen molar-refractivity contribution in [1.82, 2.24) is 5.32 Å². The highest BCUT2D eigenvalue weighted by atomic mass is 16.5. The van der Waals surface area contributed by atoms with Crippen molar-refractivity contribution in [1.29, 1.82) is 0 Å². The Morgan fingerprint density at radius 3 is 2.50 bits per heavy atom. The van der Waals surface area contributed by atoms with Gasteiger partial charge in [-0.2, -0.15) is 0 Å². The fraction of sp³-hybridized carbons (Fsp3) is 0.562. The predicted octanol–water partition coefficient (Wildman–Crippen LogP) is 2.26. The highest BCUT2D eigenvalue weighted by molar-refractivity contribution is 5.77. The number of nitrogens with one attached hydrogen (secondary N) is 1. The lowest BCUT2D eigenvalue weighted by molar-refractivity contribution is -0.123. The fourth-order valence-corrected chi connectivity index (χ4v) is 1.91. The van der Waals surface area contributed by atoms with E-state index in [1.165, 1.54) is 0 Å². The molecule has 4 heteroatoms. The summed E-state index contributed by atoms with van der Waals surface area (Å²) in [6, 6.07) is 7.77. The Hall–Kier alpha value is -1.55. The van der Waals surface area contributed by atoms with E-state index >= 15 is 0 Å². The molecule has 0 aliphatic carbocycles. The molecule has 1 aromatic carbocycles. The van der Waals surface area contributed by atoms with Gasteiger partial charge in [0.25, 0.3) is 5.91 Å². The van der Waals surface area contributed by atoms with Gasteiger partial charge in [0, 0.05) is 12.1 Å². The van der Waals surface area contributed by atoms with Crippen LogP contribution in [0.25, 0.3) is 0 Å². The van der Waals surface area contributed by atoms with E-state index in [-0.39, 0.29) is 18.1 Å². The number of hydrogen-bond acceptors (Lipinski definition) is 3. The molecule has 4 nitrogen and oxygen atoms in total. The average Bonchev–Trinajstić information content (AvgIpc) is 2.50. The van der Waals surface area contributed by atoms with Crippen LogP contribution in [0.15, 0.2) is 24.3 Å². The fourth-order valence-electron chi connectivity index (χ4n) is 1.91. The van der Waals surface area contributed by atoms with Gasteiger partial charge >= 0.3 is 0 Å². The quantitative estimate of drug-likeness (QED) is 0.766. The Bertz CT molecular complexity index is 428. The van der Waals surface area contributed by atoms with Crippen molar-refractivity contribution >= 4 is 5.91 Å². The molecule has 112 valence electrons. The van der Waals surface area contributed by atoms with Crippen molar-refractivity contribution < 1.29 is 9.53 Å². The van der Waals surface area contributed by atoms with Crippen LogP contribution in [0.1, 0.15) is 39.2 Å². The van der Waals surface area contributed by atoms with Crippen molar-refractivity contribution in [3.8, 4) is 5.75 Å². The van der Waals surface area contributed by atoms with Crippen LogP contribution in [-0.2, 0) is 11.2 Å². The van der Waals surface area contributed by atoms with Gasteiger partial charge in [-0.05, 0) is 30.9 Å². The van der Waals surface area contributed by atoms with Gasteiger partial charge in [0.15, 0.2) is 6.61 Å². The molecule has 0 heterocycles. The van der Waals surface area contributed by atoms with E-state index in [1.54, 1.807) is 0 Å². The van der Waals surface area contributed by atoms with Gasteiger partial charge in [-0.3, -0.25) is 4.79 Å². The van der Waals surface area contributed by atoms with Gasteiger partial charge in [-0.15, -0.1) is 0 Å². The van der Waals surface area contributed by atoms with Crippen LogP contribution in [-0.4, -0.2) is 24.6 Å². The smallest absolute Gasteiger partial charge is 0.258 e. The van der Waals surface area contributed by atoms with Crippen molar-refractivity contribution in [3.05, 3.63) is 29.8 Å². The first-order valence-electron chi connectivity index (χ1n) is 7.31. The summed E-state index contributed by atoms with van der Waals surface area (Å²) in [6.45, 7) is 6.64. The second-order valence-corrected chi connectivity index (χ2v) is 5.10. The van der Waals surface area contributed by atoms with Gasteiger partial charge in [0.05, 0.1) is 0 Å². The molecular weight excluding hydrogens is 252 g/mol. The van der Waals surface area contributed by atoms with Crippen LogP contribution in [0.2, 0.25) is 0 Å². The number of carbonyl (C=O) groups excluding carboxylic acids is 1. The Kier molecular flexibility index (Phi) is 6.52. The molecule has 1 amide bonds. The predicted molar refractivity (Wildman–Crippen MR) is 81.8 cm³/mol. The van der Waals surface area contributed by atoms with Crippen LogP contribution < -0.4 is 15.8 Å². The summed E-state index contributed by atoms with van der Waals surface area (Å²) in [6.07, 6.45) is 2.56. The summed E-state index contributed by atoms with van der Waals surface area (Å²) in [4.78, 5) is 11.8. The summed E-state index contributed by atoms with van der Waals surface area (Å²) < 4.78 is 5.57. The second kappa shape index (κ2) is 7.90. The summed E-state index contributed by atoms with van der Waals surface area (Å²) in [5, 5.41) is 2.84. The number of carbonyl (C=O) groups is 1. The molecule has 0 radical (unpaired) electrons. The summed E-state index contributed by atoms with van der Waals surface area (Å²) in [7, 11) is 0. The third-order valence-electron chi connectivity index (χ3n) is 3.76. The molecule has 0 saturated heterocycles. The molecule has 0 unspecified atom stereocenters. The highest BCUT2D eigenvalue weighted by Crippen LogP contribution is 2.18. The zero-order chi connectivity index (χ0) is 15.0. The standard InChI is InChI=1S/C16H26N2O2/c1-4-13-9-7-8-10-14(13)20-11-15(19)18-12-16(17,5-2)6-3/h7-10H,4-6,11-12,17H2,1-3H3,(H,18,19). The second-order valence-electron chi connectivity index (χ2n) is 5.10. The summed E-state index contributed by atoms with van der Waals surface area (Å²) in [5.74, 6) is 0.641. The molecule has 0 aliphatic heterocycles. The number of ether oxygens (including phenoxy) is 1. The van der Waals surface area contributed by atoms with Crippen molar-refractivity contribution in [2.24, 2.45) is 5.73 Å². The van der Waals surface area contributed by atoms with E-state index in [9.17, 15) is 4.79 Å². The zero-order valence-electron chi connectivity index (χ0n) is 12.7. The van der Waals surface area contributed by atoms with Crippen LogP contribution in [0.3, 0.4) is 0 Å². The molecule has 1 rings (SSSR count). The number of aryl methyl sites for hydroxylation is 1. The molecule has 20 heavy (non-hydrogen) atoms. The number of para-hydroxylation sites is 1. The van der Waals surface area contributed by atoms with Crippen molar-refractivity contribution in [2.75, 3.05) is 13.2 Å². The number of hydrogen-bond donors (Lipinski definition) is 2. The zero-order valence-corrected chi connectivity index (χ0v) is 12.7. The molecule has 0 saturated carbocycles. The van der Waals surface area contributed by atoms with E-state index in [0.717, 1.165) is 30.6 Å². The minimum Gasteiger partial charge on any atom is -0.483 e. The van der Waals surface area contributed by atoms with E-state index in [4.69, 9.17) is 10.5 Å². The maximum absolute atomic E-state index is 11.8. The maximum atomic E-state index is 11.8. The van der Waals surface area contributed by atoms with Gasteiger partial charge < -0.3 is 15.8 Å². The number of benzene rings is 1. The lowest BCUT2D eigenvalue weighted by Crippen LogP contribution is -2.50. The molecule has 1 aromatic rings. The molecule has 0 atom stereocenters. The first kappa shape index (κ1) is 16.5. The lowest BCUT2D eigenvalue weighted by Gasteiger charge is -2.26. The number of rotatable bonds is 8. The third kappa shape index (κ3) is 4.85. The van der Waals surface area contributed by atoms with E-state index in [1.807, 2.05) is 38.1 Å². The number of amides is 1. The monoisotopic (exact) mass is 278 g/mol. The molecule has 0 aliphatic rings. The Balaban J connectivity index is 2.44. The van der Waals surface area contributed by atoms with Gasteiger partial charge in [-0.1, -0.05) is 39.0 Å². The highest BCUT2D eigenvalue weighted by Gasteiger charge is 2.20. The third-order valence-corrected chi connectivity index (χ3v) is 3.76. The van der Waals surface area contributed by atoms with Crippen LogP contribution in [0, 0.1) is 0 Å². The topological polar surface area (TPSA) is 64.3 Å². The first-order valence-corrected chi connectivity index (χ1v) is 7.31. The lowest BCUT2D eigenvalue weighted by atomic mass is 9.94. The summed E-state index contributed by atoms with van der Waals surface area (Å²) >= 11 is 0. The van der Waals surface area contributed by atoms with Crippen LogP contribution in [0.4, 0.5) is 0 Å². The Morgan fingerprint density at radius 2 is 1.90 bits per heavy atom. The molecule has 0 fully saturated rings.